The van der Waals surface area contributed by atoms with Crippen LogP contribution in [0.1, 0.15) is 41.5 Å². The summed E-state index contributed by atoms with van der Waals surface area (Å²) in [6.07, 6.45) is -0.760. The molecule has 2 aliphatic rings. The van der Waals surface area contributed by atoms with Gasteiger partial charge < -0.3 is 25.7 Å². The maximum atomic E-state index is 12.8. The molecule has 8 nitrogen and oxygen atoms in total. The number of ether oxygens (including phenoxy) is 1. The molecule has 2 fully saturated rings. The Morgan fingerprint density at radius 1 is 0.939 bits per heavy atom. The van der Waals surface area contributed by atoms with Gasteiger partial charge in [-0.1, -0.05) is 36.4 Å². The molecular formula is C38H47F3N6O2. The SMILES string of the molecule is Cc1cccc(C)c1CN1CCN(Cc2ccc3c(c2)c(-c2ccc(OC(F)(F)F)cc2)cn3CCCNC(=O)C2(N)CCNCC2)CC1. The van der Waals surface area contributed by atoms with Crippen molar-refractivity contribution in [2.24, 2.45) is 5.73 Å². The zero-order chi connectivity index (χ0) is 34.6. The zero-order valence-corrected chi connectivity index (χ0v) is 28.4. The van der Waals surface area contributed by atoms with Crippen LogP contribution in [0, 0.1) is 13.8 Å². The van der Waals surface area contributed by atoms with Gasteiger partial charge in [0.1, 0.15) is 5.75 Å². The monoisotopic (exact) mass is 676 g/mol. The Kier molecular flexibility index (Phi) is 10.6. The number of nitrogens with one attached hydrogen (secondary N) is 2. The Bertz CT molecular complexity index is 1720. The number of aromatic nitrogens is 1. The van der Waals surface area contributed by atoms with Gasteiger partial charge in [0.25, 0.3) is 0 Å². The number of amides is 1. The third-order valence-electron chi connectivity index (χ3n) is 10.1. The number of carbonyl (C=O) groups is 1. The van der Waals surface area contributed by atoms with Crippen LogP contribution in [0.25, 0.3) is 22.0 Å². The number of benzene rings is 3. The van der Waals surface area contributed by atoms with Crippen LogP contribution in [0.3, 0.4) is 0 Å². The molecule has 6 rings (SSSR count). The minimum Gasteiger partial charge on any atom is -0.406 e. The van der Waals surface area contributed by atoms with E-state index >= 15 is 0 Å². The lowest BCUT2D eigenvalue weighted by Crippen LogP contribution is -2.59. The van der Waals surface area contributed by atoms with E-state index in [1.165, 1.54) is 34.4 Å². The first-order valence-corrected chi connectivity index (χ1v) is 17.2. The number of nitrogens with zero attached hydrogens (tertiary/aromatic N) is 3. The lowest BCUT2D eigenvalue weighted by molar-refractivity contribution is -0.274. The average Bonchev–Trinajstić information content (AvgIpc) is 3.43. The molecule has 0 bridgehead atoms. The Balaban J connectivity index is 1.15. The Morgan fingerprint density at radius 2 is 1.59 bits per heavy atom. The van der Waals surface area contributed by atoms with Gasteiger partial charge in [-0.2, -0.15) is 0 Å². The fraction of sp³-hybridized carbons (Fsp3) is 0.447. The number of piperazine rings is 1. The first-order chi connectivity index (χ1) is 23.5. The van der Waals surface area contributed by atoms with Crippen molar-refractivity contribution in [2.75, 3.05) is 45.8 Å². The molecule has 262 valence electrons. The van der Waals surface area contributed by atoms with Gasteiger partial charge in [0.2, 0.25) is 5.91 Å². The highest BCUT2D eigenvalue weighted by molar-refractivity contribution is 5.96. The molecule has 1 amide bonds. The third-order valence-corrected chi connectivity index (χ3v) is 10.1. The molecule has 0 saturated carbocycles. The fourth-order valence-corrected chi connectivity index (χ4v) is 7.11. The van der Waals surface area contributed by atoms with Crippen molar-refractivity contribution in [3.8, 4) is 16.9 Å². The van der Waals surface area contributed by atoms with Crippen molar-refractivity contribution >= 4 is 16.8 Å². The van der Waals surface area contributed by atoms with Crippen molar-refractivity contribution in [2.45, 2.75) is 64.6 Å². The highest BCUT2D eigenvalue weighted by Gasteiger charge is 2.35. The predicted molar refractivity (Wildman–Crippen MR) is 187 cm³/mol. The van der Waals surface area contributed by atoms with Crippen LogP contribution >= 0.6 is 0 Å². The van der Waals surface area contributed by atoms with Crippen LogP contribution in [0.2, 0.25) is 0 Å². The number of hydrogen-bond donors (Lipinski definition) is 3. The molecule has 3 heterocycles. The van der Waals surface area contributed by atoms with Gasteiger partial charge in [-0.25, -0.2) is 0 Å². The van der Waals surface area contributed by atoms with Gasteiger partial charge in [0, 0.05) is 75.0 Å². The van der Waals surface area contributed by atoms with E-state index < -0.39 is 11.9 Å². The molecule has 0 unspecified atom stereocenters. The molecule has 0 radical (unpaired) electrons. The zero-order valence-electron chi connectivity index (χ0n) is 28.4. The van der Waals surface area contributed by atoms with Crippen molar-refractivity contribution < 1.29 is 22.7 Å². The van der Waals surface area contributed by atoms with Gasteiger partial charge in [-0.15, -0.1) is 13.2 Å². The Morgan fingerprint density at radius 3 is 2.24 bits per heavy atom. The van der Waals surface area contributed by atoms with Crippen molar-refractivity contribution in [3.05, 3.63) is 89.1 Å². The maximum absolute atomic E-state index is 12.8. The van der Waals surface area contributed by atoms with E-state index in [1.54, 1.807) is 12.1 Å². The number of carbonyl (C=O) groups excluding carboxylic acids is 1. The summed E-state index contributed by atoms with van der Waals surface area (Å²) in [4.78, 5) is 17.8. The van der Waals surface area contributed by atoms with Crippen LogP contribution in [-0.2, 0) is 24.4 Å². The molecule has 2 aliphatic heterocycles. The van der Waals surface area contributed by atoms with Gasteiger partial charge in [0.05, 0.1) is 5.54 Å². The average molecular weight is 677 g/mol. The molecule has 2 saturated heterocycles. The summed E-state index contributed by atoms with van der Waals surface area (Å²) in [7, 11) is 0. The number of aryl methyl sites for hydroxylation is 3. The maximum Gasteiger partial charge on any atom is 0.573 e. The van der Waals surface area contributed by atoms with Crippen LogP contribution in [0.4, 0.5) is 13.2 Å². The van der Waals surface area contributed by atoms with Gasteiger partial charge >= 0.3 is 6.36 Å². The van der Waals surface area contributed by atoms with Gasteiger partial charge in [-0.3, -0.25) is 14.6 Å². The van der Waals surface area contributed by atoms with Crippen molar-refractivity contribution in [1.29, 1.82) is 0 Å². The molecule has 4 N–H and O–H groups in total. The number of rotatable bonds is 11. The standard InChI is InChI=1S/C38H47F3N6O2/c1-27-5-3-6-28(2)33(27)25-46-21-19-45(20-22-46)24-29-7-12-35-32(23-29)34(30-8-10-31(11-9-30)49-38(39,40)41)26-47(35)18-4-15-44-36(48)37(42)13-16-43-17-14-37/h3,5-12,23,26,43H,4,13-22,24-25,42H2,1-2H3,(H,44,48). The summed E-state index contributed by atoms with van der Waals surface area (Å²) < 4.78 is 44.7. The topological polar surface area (TPSA) is 87.8 Å². The number of alkyl halides is 3. The summed E-state index contributed by atoms with van der Waals surface area (Å²) in [5.74, 6) is -0.358. The Hall–Kier alpha value is -3.90. The van der Waals surface area contributed by atoms with E-state index in [0.29, 0.717) is 32.4 Å². The molecule has 49 heavy (non-hydrogen) atoms. The largest absolute Gasteiger partial charge is 0.573 e. The van der Waals surface area contributed by atoms with Gasteiger partial charge in [0.15, 0.2) is 0 Å². The van der Waals surface area contributed by atoms with E-state index in [2.05, 4.69) is 86.2 Å². The molecule has 3 aromatic carbocycles. The predicted octanol–water partition coefficient (Wildman–Crippen LogP) is 5.73. The molecule has 4 aromatic rings. The second-order valence-corrected chi connectivity index (χ2v) is 13.6. The van der Waals surface area contributed by atoms with Crippen LogP contribution in [0.5, 0.6) is 5.75 Å². The van der Waals surface area contributed by atoms with Crippen LogP contribution in [0.15, 0.2) is 66.9 Å². The van der Waals surface area contributed by atoms with Gasteiger partial charge in [-0.05, 0) is 98.3 Å². The highest BCUT2D eigenvalue weighted by Crippen LogP contribution is 2.34. The highest BCUT2D eigenvalue weighted by atomic mass is 19.4. The molecular weight excluding hydrogens is 629 g/mol. The van der Waals surface area contributed by atoms with Crippen LogP contribution in [-0.4, -0.2) is 78.0 Å². The minimum absolute atomic E-state index is 0.107. The summed E-state index contributed by atoms with van der Waals surface area (Å²) in [5.41, 5.74) is 13.6. The smallest absolute Gasteiger partial charge is 0.406 e. The summed E-state index contributed by atoms with van der Waals surface area (Å²) in [5, 5.41) is 7.31. The molecule has 11 heteroatoms. The van der Waals surface area contributed by atoms with Crippen molar-refractivity contribution in [3.63, 3.8) is 0 Å². The molecule has 0 spiro atoms. The molecule has 0 aliphatic carbocycles. The third kappa shape index (κ3) is 8.64. The van der Waals surface area contributed by atoms with E-state index in [1.807, 2.05) is 0 Å². The van der Waals surface area contributed by atoms with Crippen molar-refractivity contribution in [1.82, 2.24) is 25.0 Å². The normalized spacial score (nSPS) is 17.3. The molecule has 1 aromatic heterocycles. The number of fused-ring (bicyclic) bond motifs is 1. The summed E-state index contributed by atoms with van der Waals surface area (Å²) >= 11 is 0. The van der Waals surface area contributed by atoms with Crippen LogP contribution < -0.4 is 21.1 Å². The lowest BCUT2D eigenvalue weighted by atomic mass is 9.88. The molecule has 0 atom stereocenters. The lowest BCUT2D eigenvalue weighted by Gasteiger charge is -2.35. The van der Waals surface area contributed by atoms with E-state index in [0.717, 1.165) is 74.4 Å². The quantitative estimate of drug-likeness (QED) is 0.176. The minimum atomic E-state index is -4.75. The first kappa shape index (κ1) is 34.9. The second-order valence-electron chi connectivity index (χ2n) is 13.6. The number of piperidine rings is 1. The summed E-state index contributed by atoms with van der Waals surface area (Å²) in [6, 6.07) is 19.0. The van der Waals surface area contributed by atoms with E-state index in [9.17, 15) is 18.0 Å². The first-order valence-electron chi connectivity index (χ1n) is 17.2. The second kappa shape index (κ2) is 14.9. The number of halogens is 3. The summed E-state index contributed by atoms with van der Waals surface area (Å²) in [6.45, 7) is 12.7. The Labute approximate surface area is 286 Å². The number of hydrogen-bond acceptors (Lipinski definition) is 6. The fourth-order valence-electron chi connectivity index (χ4n) is 7.11. The van der Waals surface area contributed by atoms with E-state index in [-0.39, 0.29) is 11.7 Å². The number of nitrogens with two attached hydrogens (primary N) is 1. The van der Waals surface area contributed by atoms with E-state index in [4.69, 9.17) is 5.73 Å².